The van der Waals surface area contributed by atoms with Gasteiger partial charge in [0.1, 0.15) is 5.75 Å². The number of likely N-dealkylation sites (N-methyl/N-ethyl adjacent to an activating group) is 1. The average molecular weight is 374 g/mol. The van der Waals surface area contributed by atoms with Crippen molar-refractivity contribution in [1.82, 2.24) is 15.1 Å². The molecule has 0 saturated carbocycles. The third-order valence-electron chi connectivity index (χ3n) is 4.95. The van der Waals surface area contributed by atoms with Gasteiger partial charge in [0.15, 0.2) is 0 Å². The summed E-state index contributed by atoms with van der Waals surface area (Å²) in [5.74, 6) is 0.509. The number of ether oxygens (including phenoxy) is 1. The number of amides is 1. The van der Waals surface area contributed by atoms with Crippen molar-refractivity contribution in [3.05, 3.63) is 52.2 Å². The second-order valence-corrected chi connectivity index (χ2v) is 7.74. The van der Waals surface area contributed by atoms with Gasteiger partial charge in [0.05, 0.1) is 18.7 Å². The van der Waals surface area contributed by atoms with Crippen LogP contribution in [0, 0.1) is 0 Å². The Bertz CT molecular complexity index is 712. The quantitative estimate of drug-likeness (QED) is 0.846. The molecule has 0 spiro atoms. The van der Waals surface area contributed by atoms with E-state index in [1.807, 2.05) is 18.2 Å². The number of thiophene rings is 1. The van der Waals surface area contributed by atoms with Gasteiger partial charge in [-0.3, -0.25) is 9.69 Å². The summed E-state index contributed by atoms with van der Waals surface area (Å²) in [4.78, 5) is 19.0. The summed E-state index contributed by atoms with van der Waals surface area (Å²) in [7, 11) is 3.75. The van der Waals surface area contributed by atoms with Gasteiger partial charge in [-0.1, -0.05) is 18.2 Å². The maximum Gasteiger partial charge on any atom is 0.255 e. The summed E-state index contributed by atoms with van der Waals surface area (Å²) in [6.45, 7) is 6.21. The van der Waals surface area contributed by atoms with Crippen molar-refractivity contribution >= 4 is 17.2 Å². The van der Waals surface area contributed by atoms with E-state index in [4.69, 9.17) is 4.74 Å². The minimum atomic E-state index is -0.0920. The fraction of sp³-hybridized carbons (Fsp3) is 0.450. The largest absolute Gasteiger partial charge is 0.496 e. The van der Waals surface area contributed by atoms with Crippen molar-refractivity contribution in [2.45, 2.75) is 19.0 Å². The Hall–Kier alpha value is -1.89. The third-order valence-corrected chi connectivity index (χ3v) is 5.89. The molecule has 26 heavy (non-hydrogen) atoms. The number of carbonyl (C=O) groups is 1. The minimum Gasteiger partial charge on any atom is -0.496 e. The first kappa shape index (κ1) is 18.9. The fourth-order valence-electron chi connectivity index (χ4n) is 3.50. The number of nitrogens with one attached hydrogen (secondary N) is 1. The highest BCUT2D eigenvalue weighted by Crippen LogP contribution is 2.29. The normalized spacial score (nSPS) is 18.3. The first-order chi connectivity index (χ1) is 12.6. The van der Waals surface area contributed by atoms with Crippen molar-refractivity contribution in [3.8, 4) is 5.75 Å². The minimum absolute atomic E-state index is 0.00512. The summed E-state index contributed by atoms with van der Waals surface area (Å²) >= 11 is 1.75. The highest BCUT2D eigenvalue weighted by atomic mass is 32.1. The van der Waals surface area contributed by atoms with Crippen LogP contribution in [0.4, 0.5) is 0 Å². The lowest BCUT2D eigenvalue weighted by Gasteiger charge is -2.40. The summed E-state index contributed by atoms with van der Waals surface area (Å²) in [5, 5.41) is 5.30. The van der Waals surface area contributed by atoms with Gasteiger partial charge in [0.2, 0.25) is 0 Å². The summed E-state index contributed by atoms with van der Waals surface area (Å²) in [6, 6.07) is 11.8. The van der Waals surface area contributed by atoms with E-state index in [9.17, 15) is 4.79 Å². The van der Waals surface area contributed by atoms with E-state index in [1.54, 1.807) is 24.5 Å². The highest BCUT2D eigenvalue weighted by Gasteiger charge is 2.30. The Kier molecular flexibility index (Phi) is 6.29. The lowest BCUT2D eigenvalue weighted by atomic mass is 10.0. The molecule has 2 aromatic rings. The number of rotatable bonds is 6. The second-order valence-electron chi connectivity index (χ2n) is 6.76. The lowest BCUT2D eigenvalue weighted by Crippen LogP contribution is -2.51. The molecule has 6 heteroatoms. The Labute approximate surface area is 159 Å². The summed E-state index contributed by atoms with van der Waals surface area (Å²) in [5.41, 5.74) is 0.574. The SMILES string of the molecule is COc1ccccc1C(=O)N[C@H](C)[C@H](c1cccs1)N1CCN(C)CC1. The number of hydrogen-bond donors (Lipinski definition) is 1. The number of benzene rings is 1. The van der Waals surface area contributed by atoms with E-state index in [0.717, 1.165) is 26.2 Å². The molecule has 1 aromatic carbocycles. The van der Waals surface area contributed by atoms with Gasteiger partial charge in [-0.05, 0) is 37.6 Å². The number of methoxy groups -OCH3 is 1. The van der Waals surface area contributed by atoms with E-state index in [2.05, 4.69) is 46.6 Å². The zero-order valence-corrected chi connectivity index (χ0v) is 16.5. The summed E-state index contributed by atoms with van der Waals surface area (Å²) in [6.07, 6.45) is 0. The molecular weight excluding hydrogens is 346 g/mol. The number of carbonyl (C=O) groups excluding carboxylic acids is 1. The maximum atomic E-state index is 12.8. The molecule has 0 bridgehead atoms. The van der Waals surface area contributed by atoms with Crippen molar-refractivity contribution in [1.29, 1.82) is 0 Å². The van der Waals surface area contributed by atoms with Crippen LogP contribution in [-0.2, 0) is 0 Å². The number of nitrogens with zero attached hydrogens (tertiary/aromatic N) is 2. The van der Waals surface area contributed by atoms with Crippen molar-refractivity contribution < 1.29 is 9.53 Å². The summed E-state index contributed by atoms with van der Waals surface area (Å²) < 4.78 is 5.33. The van der Waals surface area contributed by atoms with Crippen LogP contribution in [0.25, 0.3) is 0 Å². The first-order valence-corrected chi connectivity index (χ1v) is 9.88. The van der Waals surface area contributed by atoms with E-state index < -0.39 is 0 Å². The molecule has 1 saturated heterocycles. The standard InChI is InChI=1S/C20H27N3O2S/c1-15(21-20(24)16-7-4-5-8-17(16)25-3)19(18-9-6-14-26-18)23-12-10-22(2)11-13-23/h4-9,14-15,19H,10-13H2,1-3H3,(H,21,24)/t15-,19-/m1/s1. The Morgan fingerprint density at radius 1 is 1.15 bits per heavy atom. The van der Waals surface area contributed by atoms with Crippen molar-refractivity contribution in [2.75, 3.05) is 40.3 Å². The first-order valence-electron chi connectivity index (χ1n) is 9.00. The lowest BCUT2D eigenvalue weighted by molar-refractivity contribution is 0.0797. The van der Waals surface area contributed by atoms with E-state index in [-0.39, 0.29) is 18.0 Å². The Morgan fingerprint density at radius 3 is 2.54 bits per heavy atom. The van der Waals surface area contributed by atoms with Gasteiger partial charge in [-0.15, -0.1) is 11.3 Å². The van der Waals surface area contributed by atoms with Gasteiger partial charge in [-0.2, -0.15) is 0 Å². The van der Waals surface area contributed by atoms with E-state index in [1.165, 1.54) is 4.88 Å². The molecular formula is C20H27N3O2S. The van der Waals surface area contributed by atoms with Crippen LogP contribution in [0.1, 0.15) is 28.2 Å². The molecule has 1 fully saturated rings. The molecule has 0 unspecified atom stereocenters. The Balaban J connectivity index is 1.77. The molecule has 1 amide bonds. The molecule has 3 rings (SSSR count). The van der Waals surface area contributed by atoms with Crippen LogP contribution in [0.15, 0.2) is 41.8 Å². The fourth-order valence-corrected chi connectivity index (χ4v) is 4.46. The number of piperazine rings is 1. The van der Waals surface area contributed by atoms with Gasteiger partial charge in [0.25, 0.3) is 5.91 Å². The topological polar surface area (TPSA) is 44.8 Å². The Morgan fingerprint density at radius 2 is 1.88 bits per heavy atom. The van der Waals surface area contributed by atoms with E-state index >= 15 is 0 Å². The molecule has 1 aliphatic rings. The van der Waals surface area contributed by atoms with Crippen LogP contribution >= 0.6 is 11.3 Å². The smallest absolute Gasteiger partial charge is 0.255 e. The van der Waals surface area contributed by atoms with Crippen molar-refractivity contribution in [3.63, 3.8) is 0 Å². The van der Waals surface area contributed by atoms with Crippen LogP contribution in [0.2, 0.25) is 0 Å². The zero-order chi connectivity index (χ0) is 18.5. The molecule has 1 aliphatic heterocycles. The maximum absolute atomic E-state index is 12.8. The average Bonchev–Trinajstić information content (AvgIpc) is 3.17. The van der Waals surface area contributed by atoms with Gasteiger partial charge >= 0.3 is 0 Å². The van der Waals surface area contributed by atoms with Crippen LogP contribution in [0.5, 0.6) is 5.75 Å². The van der Waals surface area contributed by atoms with Gasteiger partial charge < -0.3 is 15.0 Å². The monoisotopic (exact) mass is 373 g/mol. The molecule has 2 heterocycles. The number of hydrogen-bond acceptors (Lipinski definition) is 5. The predicted octanol–water partition coefficient (Wildman–Crippen LogP) is 2.86. The van der Waals surface area contributed by atoms with Crippen LogP contribution < -0.4 is 10.1 Å². The van der Waals surface area contributed by atoms with Gasteiger partial charge in [-0.25, -0.2) is 0 Å². The third kappa shape index (κ3) is 4.26. The van der Waals surface area contributed by atoms with Crippen molar-refractivity contribution in [2.24, 2.45) is 0 Å². The van der Waals surface area contributed by atoms with Crippen LogP contribution in [-0.4, -0.2) is 62.1 Å². The molecule has 1 N–H and O–H groups in total. The molecule has 0 aliphatic carbocycles. The second kappa shape index (κ2) is 8.66. The number of para-hydroxylation sites is 1. The molecule has 140 valence electrons. The zero-order valence-electron chi connectivity index (χ0n) is 15.6. The predicted molar refractivity (Wildman–Crippen MR) is 106 cm³/mol. The molecule has 2 atom stereocenters. The van der Waals surface area contributed by atoms with E-state index in [0.29, 0.717) is 11.3 Å². The highest BCUT2D eigenvalue weighted by molar-refractivity contribution is 7.10. The van der Waals surface area contributed by atoms with Crippen LogP contribution in [0.3, 0.4) is 0 Å². The van der Waals surface area contributed by atoms with Gasteiger partial charge in [0, 0.05) is 37.1 Å². The molecule has 5 nitrogen and oxygen atoms in total. The molecule has 1 aromatic heterocycles. The molecule has 0 radical (unpaired) electrons.